The van der Waals surface area contributed by atoms with Crippen LogP contribution in [0.25, 0.3) is 0 Å². The molecule has 1 aliphatic heterocycles. The van der Waals surface area contributed by atoms with Crippen molar-refractivity contribution in [3.63, 3.8) is 0 Å². The van der Waals surface area contributed by atoms with Crippen molar-refractivity contribution in [2.75, 3.05) is 44.2 Å². The van der Waals surface area contributed by atoms with Gasteiger partial charge in [0.05, 0.1) is 0 Å². The Hall–Kier alpha value is -1.62. The molecule has 0 atom stereocenters. The van der Waals surface area contributed by atoms with Gasteiger partial charge in [-0.05, 0) is 30.2 Å². The van der Waals surface area contributed by atoms with Crippen LogP contribution >= 0.6 is 0 Å². The zero-order valence-electron chi connectivity index (χ0n) is 13.5. The average Bonchev–Trinajstić information content (AvgIpc) is 2.52. The first-order chi connectivity index (χ1) is 10.5. The topological polar surface area (TPSA) is 35.6 Å². The van der Waals surface area contributed by atoms with Crippen LogP contribution in [0.3, 0.4) is 0 Å². The van der Waals surface area contributed by atoms with Crippen LogP contribution in [-0.2, 0) is 4.79 Å². The van der Waals surface area contributed by atoms with Gasteiger partial charge in [-0.2, -0.15) is 0 Å². The van der Waals surface area contributed by atoms with Gasteiger partial charge >= 0.3 is 0 Å². The number of halogens is 1. The summed E-state index contributed by atoms with van der Waals surface area (Å²) >= 11 is 0. The normalized spacial score (nSPS) is 16.1. The molecule has 0 radical (unpaired) electrons. The van der Waals surface area contributed by atoms with Gasteiger partial charge in [-0.1, -0.05) is 13.8 Å². The standard InChI is InChI=1S/C17H26FN3O/c1-14(2)13-19-17(22)7-8-20-9-11-21(12-10-20)16-5-3-15(18)4-6-16/h3-6,14H,7-13H2,1-2H3,(H,19,22). The molecule has 0 spiro atoms. The second-order valence-electron chi connectivity index (χ2n) is 6.25. The molecule has 22 heavy (non-hydrogen) atoms. The number of benzene rings is 1. The molecule has 1 aromatic carbocycles. The van der Waals surface area contributed by atoms with Crippen molar-refractivity contribution in [2.24, 2.45) is 5.92 Å². The van der Waals surface area contributed by atoms with E-state index in [4.69, 9.17) is 0 Å². The number of piperazine rings is 1. The maximum Gasteiger partial charge on any atom is 0.221 e. The van der Waals surface area contributed by atoms with E-state index in [2.05, 4.69) is 29.0 Å². The number of carbonyl (C=O) groups excluding carboxylic acids is 1. The van der Waals surface area contributed by atoms with Crippen LogP contribution < -0.4 is 10.2 Å². The highest BCUT2D eigenvalue weighted by Gasteiger charge is 2.17. The minimum Gasteiger partial charge on any atom is -0.369 e. The van der Waals surface area contributed by atoms with E-state index in [-0.39, 0.29) is 11.7 Å². The molecule has 1 amide bonds. The fourth-order valence-corrected chi connectivity index (χ4v) is 2.55. The molecular weight excluding hydrogens is 281 g/mol. The van der Waals surface area contributed by atoms with E-state index < -0.39 is 0 Å². The largest absolute Gasteiger partial charge is 0.369 e. The Kier molecular flexibility index (Phi) is 6.19. The van der Waals surface area contributed by atoms with Crippen molar-refractivity contribution in [2.45, 2.75) is 20.3 Å². The van der Waals surface area contributed by atoms with Gasteiger partial charge in [0.1, 0.15) is 5.82 Å². The van der Waals surface area contributed by atoms with E-state index in [0.29, 0.717) is 12.3 Å². The molecular formula is C17H26FN3O. The number of amides is 1. The zero-order chi connectivity index (χ0) is 15.9. The van der Waals surface area contributed by atoms with Crippen molar-refractivity contribution >= 4 is 11.6 Å². The van der Waals surface area contributed by atoms with Gasteiger partial charge in [0.25, 0.3) is 0 Å². The summed E-state index contributed by atoms with van der Waals surface area (Å²) < 4.78 is 12.9. The summed E-state index contributed by atoms with van der Waals surface area (Å²) in [6.07, 6.45) is 0.559. The first kappa shape index (κ1) is 16.7. The maximum atomic E-state index is 12.9. The number of hydrogen-bond donors (Lipinski definition) is 1. The maximum absolute atomic E-state index is 12.9. The van der Waals surface area contributed by atoms with E-state index in [1.165, 1.54) is 12.1 Å². The third-order valence-electron chi connectivity index (χ3n) is 3.93. The molecule has 2 rings (SSSR count). The van der Waals surface area contributed by atoms with Gasteiger partial charge in [-0.15, -0.1) is 0 Å². The van der Waals surface area contributed by atoms with E-state index in [9.17, 15) is 9.18 Å². The summed E-state index contributed by atoms with van der Waals surface area (Å²) in [5.74, 6) is 0.424. The van der Waals surface area contributed by atoms with Gasteiger partial charge in [-0.3, -0.25) is 9.69 Å². The average molecular weight is 307 g/mol. The highest BCUT2D eigenvalue weighted by molar-refractivity contribution is 5.76. The molecule has 0 aromatic heterocycles. The fraction of sp³-hybridized carbons (Fsp3) is 0.588. The van der Waals surface area contributed by atoms with Gasteiger partial charge < -0.3 is 10.2 Å². The number of rotatable bonds is 6. The molecule has 1 fully saturated rings. The van der Waals surface area contributed by atoms with Gasteiger partial charge in [0, 0.05) is 51.4 Å². The molecule has 122 valence electrons. The Labute approximate surface area is 132 Å². The van der Waals surface area contributed by atoms with Crippen LogP contribution in [0.5, 0.6) is 0 Å². The lowest BCUT2D eigenvalue weighted by molar-refractivity contribution is -0.121. The molecule has 5 heteroatoms. The molecule has 1 saturated heterocycles. The number of carbonyl (C=O) groups is 1. The predicted molar refractivity (Wildman–Crippen MR) is 87.5 cm³/mol. The predicted octanol–water partition coefficient (Wildman–Crippen LogP) is 2.11. The van der Waals surface area contributed by atoms with Crippen molar-refractivity contribution in [1.29, 1.82) is 0 Å². The third kappa shape index (κ3) is 5.30. The molecule has 1 aliphatic rings. The van der Waals surface area contributed by atoms with Gasteiger partial charge in [-0.25, -0.2) is 4.39 Å². The Morgan fingerprint density at radius 1 is 1.18 bits per heavy atom. The van der Waals surface area contributed by atoms with Crippen molar-refractivity contribution in [1.82, 2.24) is 10.2 Å². The molecule has 1 heterocycles. The Bertz CT molecular complexity index is 467. The summed E-state index contributed by atoms with van der Waals surface area (Å²) in [6, 6.07) is 6.65. The molecule has 1 aromatic rings. The molecule has 1 N–H and O–H groups in total. The second kappa shape index (κ2) is 8.13. The summed E-state index contributed by atoms with van der Waals surface area (Å²) in [7, 11) is 0. The Morgan fingerprint density at radius 3 is 2.41 bits per heavy atom. The van der Waals surface area contributed by atoms with E-state index >= 15 is 0 Å². The van der Waals surface area contributed by atoms with Crippen molar-refractivity contribution < 1.29 is 9.18 Å². The first-order valence-electron chi connectivity index (χ1n) is 8.04. The highest BCUT2D eigenvalue weighted by Crippen LogP contribution is 2.16. The van der Waals surface area contributed by atoms with Gasteiger partial charge in [0.2, 0.25) is 5.91 Å². The van der Waals surface area contributed by atoms with Crippen molar-refractivity contribution in [3.05, 3.63) is 30.1 Å². The van der Waals surface area contributed by atoms with Crippen LogP contribution in [0.15, 0.2) is 24.3 Å². The summed E-state index contributed by atoms with van der Waals surface area (Å²) in [6.45, 7) is 9.45. The Morgan fingerprint density at radius 2 is 1.82 bits per heavy atom. The number of nitrogens with one attached hydrogen (secondary N) is 1. The van der Waals surface area contributed by atoms with Crippen molar-refractivity contribution in [3.8, 4) is 0 Å². The molecule has 0 bridgehead atoms. The lowest BCUT2D eigenvalue weighted by Gasteiger charge is -2.36. The third-order valence-corrected chi connectivity index (χ3v) is 3.93. The molecule has 0 saturated carbocycles. The van der Waals surface area contributed by atoms with Crippen LogP contribution in [-0.4, -0.2) is 50.1 Å². The lowest BCUT2D eigenvalue weighted by Crippen LogP contribution is -2.47. The second-order valence-corrected chi connectivity index (χ2v) is 6.25. The lowest BCUT2D eigenvalue weighted by atomic mass is 10.2. The SMILES string of the molecule is CC(C)CNC(=O)CCN1CCN(c2ccc(F)cc2)CC1. The summed E-state index contributed by atoms with van der Waals surface area (Å²) in [5.41, 5.74) is 1.07. The summed E-state index contributed by atoms with van der Waals surface area (Å²) in [4.78, 5) is 16.3. The monoisotopic (exact) mass is 307 g/mol. The quantitative estimate of drug-likeness (QED) is 0.874. The van der Waals surface area contributed by atoms with E-state index in [1.54, 1.807) is 0 Å². The molecule has 4 nitrogen and oxygen atoms in total. The van der Waals surface area contributed by atoms with Gasteiger partial charge in [0.15, 0.2) is 0 Å². The van der Waals surface area contributed by atoms with E-state index in [0.717, 1.165) is 45.0 Å². The Balaban J connectivity index is 1.69. The molecule has 0 aliphatic carbocycles. The summed E-state index contributed by atoms with van der Waals surface area (Å²) in [5, 5.41) is 2.95. The molecule has 0 unspecified atom stereocenters. The highest BCUT2D eigenvalue weighted by atomic mass is 19.1. The number of anilines is 1. The van der Waals surface area contributed by atoms with Crippen LogP contribution in [0, 0.1) is 11.7 Å². The minimum absolute atomic E-state index is 0.134. The first-order valence-corrected chi connectivity index (χ1v) is 8.04. The van der Waals surface area contributed by atoms with E-state index in [1.807, 2.05) is 12.1 Å². The number of hydrogen-bond acceptors (Lipinski definition) is 3. The zero-order valence-corrected chi connectivity index (χ0v) is 13.5. The smallest absolute Gasteiger partial charge is 0.221 e. The minimum atomic E-state index is -0.199. The number of nitrogens with zero attached hydrogens (tertiary/aromatic N) is 2. The van der Waals surface area contributed by atoms with Crippen LogP contribution in [0.2, 0.25) is 0 Å². The fourth-order valence-electron chi connectivity index (χ4n) is 2.55. The van der Waals surface area contributed by atoms with Crippen LogP contribution in [0.4, 0.5) is 10.1 Å². The van der Waals surface area contributed by atoms with Crippen LogP contribution in [0.1, 0.15) is 20.3 Å².